The molecule has 5 rings (SSSR count). The van der Waals surface area contributed by atoms with Crippen LogP contribution in [0, 0.1) is 13.8 Å². The number of benzene rings is 2. The summed E-state index contributed by atoms with van der Waals surface area (Å²) in [4.78, 5) is 14.0. The molecule has 0 saturated carbocycles. The fraction of sp³-hybridized carbons (Fsp3) is 0.0690. The predicted octanol–water partition coefficient (Wildman–Crippen LogP) is 7.16. The molecule has 3 aromatic heterocycles. The van der Waals surface area contributed by atoms with Crippen LogP contribution in [0.2, 0.25) is 0 Å². The Morgan fingerprint density at radius 1 is 0.438 bits per heavy atom. The maximum absolute atomic E-state index is 4.89. The van der Waals surface area contributed by atoms with E-state index in [4.69, 9.17) is 4.98 Å². The van der Waals surface area contributed by atoms with Crippen molar-refractivity contribution in [1.29, 1.82) is 0 Å². The summed E-state index contributed by atoms with van der Waals surface area (Å²) >= 11 is 0. The Hall–Kier alpha value is -4.11. The lowest BCUT2D eigenvalue weighted by molar-refractivity contribution is 1.22. The van der Waals surface area contributed by atoms with Gasteiger partial charge < -0.3 is 0 Å². The van der Waals surface area contributed by atoms with Gasteiger partial charge >= 0.3 is 0 Å². The maximum Gasteiger partial charge on any atom is 0.0894 e. The Labute approximate surface area is 188 Å². The molecule has 2 aromatic carbocycles. The molecule has 0 N–H and O–H groups in total. The van der Waals surface area contributed by atoms with Crippen LogP contribution in [0.25, 0.3) is 45.0 Å². The monoisotopic (exact) mass is 413 g/mol. The number of hydrogen-bond donors (Lipinski definition) is 0. The third-order valence-corrected chi connectivity index (χ3v) is 5.56. The summed E-state index contributed by atoms with van der Waals surface area (Å²) in [5, 5.41) is 0. The van der Waals surface area contributed by atoms with Gasteiger partial charge in [0.25, 0.3) is 0 Å². The summed E-state index contributed by atoms with van der Waals surface area (Å²) < 4.78 is 0. The van der Waals surface area contributed by atoms with Crippen molar-refractivity contribution in [2.45, 2.75) is 13.8 Å². The number of aromatic nitrogens is 3. The minimum absolute atomic E-state index is 0.832. The second-order valence-electron chi connectivity index (χ2n) is 8.00. The quantitative estimate of drug-likeness (QED) is 0.314. The molecule has 0 unspecified atom stereocenters. The molecule has 3 heterocycles. The number of nitrogens with zero attached hydrogens (tertiary/aromatic N) is 3. The van der Waals surface area contributed by atoms with Gasteiger partial charge in [0.05, 0.1) is 22.8 Å². The average molecular weight is 414 g/mol. The molecular formula is C29H23N3. The maximum atomic E-state index is 4.89. The van der Waals surface area contributed by atoms with Gasteiger partial charge in [0.1, 0.15) is 0 Å². The van der Waals surface area contributed by atoms with Crippen molar-refractivity contribution < 1.29 is 0 Å². The molecule has 0 saturated heterocycles. The van der Waals surface area contributed by atoms with Gasteiger partial charge in [-0.1, -0.05) is 65.7 Å². The van der Waals surface area contributed by atoms with E-state index in [1.54, 1.807) is 0 Å². The molecule has 3 heteroatoms. The second-order valence-corrected chi connectivity index (χ2v) is 8.00. The van der Waals surface area contributed by atoms with Crippen molar-refractivity contribution in [3.8, 4) is 45.0 Å². The summed E-state index contributed by atoms with van der Waals surface area (Å²) in [5.74, 6) is 0. The zero-order chi connectivity index (χ0) is 21.9. The summed E-state index contributed by atoms with van der Waals surface area (Å²) in [6.07, 6.45) is 3.68. The normalized spacial score (nSPS) is 10.8. The van der Waals surface area contributed by atoms with E-state index in [0.29, 0.717) is 0 Å². The summed E-state index contributed by atoms with van der Waals surface area (Å²) in [6, 6.07) is 31.3. The van der Waals surface area contributed by atoms with Gasteiger partial charge in [-0.3, -0.25) is 9.97 Å². The van der Waals surface area contributed by atoms with E-state index < -0.39 is 0 Å². The molecule has 0 bridgehead atoms. The van der Waals surface area contributed by atoms with Crippen molar-refractivity contribution in [1.82, 2.24) is 15.0 Å². The van der Waals surface area contributed by atoms with Gasteiger partial charge in [-0.15, -0.1) is 0 Å². The Morgan fingerprint density at radius 3 is 1.31 bits per heavy atom. The van der Waals surface area contributed by atoms with Gasteiger partial charge in [-0.05, 0) is 72.5 Å². The zero-order valence-corrected chi connectivity index (χ0v) is 18.2. The van der Waals surface area contributed by atoms with Gasteiger partial charge in [0.15, 0.2) is 0 Å². The molecule has 3 nitrogen and oxygen atoms in total. The number of aryl methyl sites for hydroxylation is 2. The van der Waals surface area contributed by atoms with Crippen molar-refractivity contribution >= 4 is 0 Å². The Bertz CT molecular complexity index is 1270. The van der Waals surface area contributed by atoms with Gasteiger partial charge in [-0.25, -0.2) is 4.98 Å². The first-order valence-electron chi connectivity index (χ1n) is 10.7. The summed E-state index contributed by atoms with van der Waals surface area (Å²) in [6.45, 7) is 4.19. The minimum Gasteiger partial charge on any atom is -0.255 e. The highest BCUT2D eigenvalue weighted by molar-refractivity contribution is 5.72. The number of rotatable bonds is 4. The van der Waals surface area contributed by atoms with Crippen LogP contribution >= 0.6 is 0 Å². The van der Waals surface area contributed by atoms with Crippen LogP contribution < -0.4 is 0 Å². The van der Waals surface area contributed by atoms with Crippen LogP contribution in [0.5, 0.6) is 0 Å². The van der Waals surface area contributed by atoms with Crippen molar-refractivity contribution in [3.63, 3.8) is 0 Å². The first kappa shape index (κ1) is 19.8. The molecule has 0 radical (unpaired) electrons. The molecule has 32 heavy (non-hydrogen) atoms. The number of hydrogen-bond acceptors (Lipinski definition) is 3. The third-order valence-electron chi connectivity index (χ3n) is 5.56. The standard InChI is InChI=1S/C29H23N3/c1-20-6-10-22(11-7-20)24-14-16-30-28(18-24)26-4-3-5-27(32-26)29-19-25(15-17-31-29)23-12-8-21(2)9-13-23/h3-19H,1-2H3. The van der Waals surface area contributed by atoms with Crippen LogP contribution in [-0.2, 0) is 0 Å². The molecule has 0 aliphatic carbocycles. The van der Waals surface area contributed by atoms with Crippen LogP contribution in [0.3, 0.4) is 0 Å². The Balaban J connectivity index is 1.49. The van der Waals surface area contributed by atoms with Crippen LogP contribution in [0.4, 0.5) is 0 Å². The molecule has 0 aliphatic heterocycles. The molecule has 5 aromatic rings. The molecular weight excluding hydrogens is 390 g/mol. The van der Waals surface area contributed by atoms with Crippen molar-refractivity contribution in [2.75, 3.05) is 0 Å². The SMILES string of the molecule is Cc1ccc(-c2ccnc(-c3cccc(-c4cc(-c5ccc(C)cc5)ccn4)n3)c2)cc1. The lowest BCUT2D eigenvalue weighted by atomic mass is 10.0. The highest BCUT2D eigenvalue weighted by Gasteiger charge is 2.09. The third kappa shape index (κ3) is 4.19. The Morgan fingerprint density at radius 2 is 0.875 bits per heavy atom. The van der Waals surface area contributed by atoms with Crippen LogP contribution in [0.1, 0.15) is 11.1 Å². The number of pyridine rings is 3. The minimum atomic E-state index is 0.832. The van der Waals surface area contributed by atoms with E-state index in [0.717, 1.165) is 33.9 Å². The molecule has 0 fully saturated rings. The highest BCUT2D eigenvalue weighted by atomic mass is 14.8. The fourth-order valence-corrected chi connectivity index (χ4v) is 3.71. The molecule has 0 atom stereocenters. The van der Waals surface area contributed by atoms with Crippen molar-refractivity contribution in [2.24, 2.45) is 0 Å². The van der Waals surface area contributed by atoms with Crippen LogP contribution in [0.15, 0.2) is 103 Å². The van der Waals surface area contributed by atoms with Gasteiger partial charge in [-0.2, -0.15) is 0 Å². The Kier molecular flexibility index (Phi) is 5.30. The van der Waals surface area contributed by atoms with E-state index in [-0.39, 0.29) is 0 Å². The molecule has 0 aliphatic rings. The average Bonchev–Trinajstić information content (AvgIpc) is 2.85. The lowest BCUT2D eigenvalue weighted by Gasteiger charge is -2.08. The predicted molar refractivity (Wildman–Crippen MR) is 131 cm³/mol. The molecule has 154 valence electrons. The second kappa shape index (κ2) is 8.56. The van der Waals surface area contributed by atoms with E-state index in [9.17, 15) is 0 Å². The smallest absolute Gasteiger partial charge is 0.0894 e. The lowest BCUT2D eigenvalue weighted by Crippen LogP contribution is -1.93. The zero-order valence-electron chi connectivity index (χ0n) is 18.2. The van der Waals surface area contributed by atoms with E-state index in [1.165, 1.54) is 22.3 Å². The van der Waals surface area contributed by atoms with Gasteiger partial charge in [0.2, 0.25) is 0 Å². The van der Waals surface area contributed by atoms with E-state index in [1.807, 2.05) is 42.7 Å². The first-order chi connectivity index (χ1) is 15.7. The van der Waals surface area contributed by atoms with Gasteiger partial charge in [0, 0.05) is 12.4 Å². The van der Waals surface area contributed by atoms with E-state index >= 15 is 0 Å². The van der Waals surface area contributed by atoms with E-state index in [2.05, 4.69) is 84.5 Å². The highest BCUT2D eigenvalue weighted by Crippen LogP contribution is 2.27. The largest absolute Gasteiger partial charge is 0.255 e. The van der Waals surface area contributed by atoms with Crippen LogP contribution in [-0.4, -0.2) is 15.0 Å². The van der Waals surface area contributed by atoms with Crippen molar-refractivity contribution in [3.05, 3.63) is 115 Å². The fourth-order valence-electron chi connectivity index (χ4n) is 3.71. The molecule has 0 spiro atoms. The molecule has 0 amide bonds. The first-order valence-corrected chi connectivity index (χ1v) is 10.7. The summed E-state index contributed by atoms with van der Waals surface area (Å²) in [5.41, 5.74) is 10.4. The summed E-state index contributed by atoms with van der Waals surface area (Å²) in [7, 11) is 0. The topological polar surface area (TPSA) is 38.7 Å².